The minimum Gasteiger partial charge on any atom is -0.324 e. The molecule has 1 aliphatic carbocycles. The van der Waals surface area contributed by atoms with Crippen LogP contribution in [0.25, 0.3) is 0 Å². The number of ether oxygens (including phenoxy) is 1. The Morgan fingerprint density at radius 2 is 1.88 bits per heavy atom. The summed E-state index contributed by atoms with van der Waals surface area (Å²) >= 11 is 5.94. The van der Waals surface area contributed by atoms with Crippen molar-refractivity contribution in [1.29, 1.82) is 0 Å². The van der Waals surface area contributed by atoms with Crippen molar-refractivity contribution in [2.24, 2.45) is 5.92 Å². The molecule has 1 spiro atoms. The maximum absolute atomic E-state index is 13.5. The lowest BCUT2D eigenvalue weighted by Gasteiger charge is -2.50. The summed E-state index contributed by atoms with van der Waals surface area (Å²) in [6.45, 7) is 2.03. The lowest BCUT2D eigenvalue weighted by molar-refractivity contribution is -0.519. The van der Waals surface area contributed by atoms with E-state index in [-0.39, 0.29) is 10.8 Å². The maximum atomic E-state index is 13.5. The molecular weight excluding hydrogens is 376 g/mol. The van der Waals surface area contributed by atoms with E-state index in [9.17, 15) is 8.42 Å². The molecule has 4 aliphatic rings. The highest BCUT2D eigenvalue weighted by Crippen LogP contribution is 2.55. The Kier molecular flexibility index (Phi) is 4.85. The minimum absolute atomic E-state index is 0.129. The fourth-order valence-electron chi connectivity index (χ4n) is 4.73. The van der Waals surface area contributed by atoms with Crippen LogP contribution >= 0.6 is 11.6 Å². The number of hydrogen-bond acceptors (Lipinski definition) is 5. The second-order valence-corrected chi connectivity index (χ2v) is 10.1. The van der Waals surface area contributed by atoms with Crippen molar-refractivity contribution in [2.75, 3.05) is 0 Å². The zero-order valence-corrected chi connectivity index (χ0v) is 16.5. The van der Waals surface area contributed by atoms with Crippen molar-refractivity contribution in [3.05, 3.63) is 29.3 Å². The summed E-state index contributed by atoms with van der Waals surface area (Å²) in [6.07, 6.45) is 6.56. The van der Waals surface area contributed by atoms with Gasteiger partial charge in [0.15, 0.2) is 5.44 Å². The molecule has 1 saturated carbocycles. The van der Waals surface area contributed by atoms with Crippen molar-refractivity contribution >= 4 is 21.4 Å². The van der Waals surface area contributed by atoms with Gasteiger partial charge in [0, 0.05) is 17.9 Å². The first-order chi connectivity index (χ1) is 12.4. The molecular formula is C19H25ClO5S. The van der Waals surface area contributed by atoms with Crippen molar-refractivity contribution in [3.8, 4) is 0 Å². The van der Waals surface area contributed by atoms with Crippen LogP contribution in [0.5, 0.6) is 0 Å². The molecule has 1 aromatic rings. The van der Waals surface area contributed by atoms with Gasteiger partial charge in [-0.1, -0.05) is 37.8 Å². The molecule has 7 heteroatoms. The van der Waals surface area contributed by atoms with Gasteiger partial charge in [-0.2, -0.15) is 0 Å². The van der Waals surface area contributed by atoms with Crippen molar-refractivity contribution in [2.45, 2.75) is 80.0 Å². The third kappa shape index (κ3) is 2.90. The van der Waals surface area contributed by atoms with E-state index in [1.165, 1.54) is 0 Å². The molecule has 3 aliphatic heterocycles. The first kappa shape index (κ1) is 18.7. The lowest BCUT2D eigenvalue weighted by Crippen LogP contribution is -2.61. The normalized spacial score (nSPS) is 37.2. The van der Waals surface area contributed by atoms with Crippen LogP contribution in [0.15, 0.2) is 29.2 Å². The van der Waals surface area contributed by atoms with Crippen LogP contribution in [0.1, 0.15) is 58.3 Å². The molecule has 5 rings (SSSR count). The SMILES string of the molecule is CCC[C@]12CC[C@H]3CCCC[C@@]3(OO1)[C@@H](S(=O)(=O)c1ccc(Cl)cc1)O2. The van der Waals surface area contributed by atoms with Crippen LogP contribution in [-0.2, 0) is 24.3 Å². The fourth-order valence-corrected chi connectivity index (χ4v) is 6.80. The standard InChI is InChI=1S/C19H25ClO5S/c1-2-11-18-13-10-14-5-3-4-12-19(14,25-24-18)17(23-18)26(21,22)16-8-6-15(20)7-9-16/h6-9,14,17H,2-5,10-13H2,1H3/t14-,17-,18-,19+/m1/s1. The molecule has 0 aromatic heterocycles. The first-order valence-electron chi connectivity index (χ1n) is 9.46. The van der Waals surface area contributed by atoms with E-state index in [0.717, 1.165) is 32.1 Å². The zero-order valence-electron chi connectivity index (χ0n) is 14.9. The van der Waals surface area contributed by atoms with Gasteiger partial charge in [0.25, 0.3) is 0 Å². The van der Waals surface area contributed by atoms with Gasteiger partial charge in [0.1, 0.15) is 5.60 Å². The van der Waals surface area contributed by atoms with Gasteiger partial charge >= 0.3 is 0 Å². The number of benzene rings is 1. The van der Waals surface area contributed by atoms with Gasteiger partial charge in [0.05, 0.1) is 4.90 Å². The van der Waals surface area contributed by atoms with Crippen molar-refractivity contribution in [1.82, 2.24) is 0 Å². The third-order valence-electron chi connectivity index (χ3n) is 6.06. The first-order valence-corrected chi connectivity index (χ1v) is 11.4. The molecule has 3 heterocycles. The Hall–Kier alpha value is -0.660. The fraction of sp³-hybridized carbons (Fsp3) is 0.684. The van der Waals surface area contributed by atoms with Gasteiger partial charge in [-0.05, 0) is 49.4 Å². The maximum Gasteiger partial charge on any atom is 0.208 e. The average molecular weight is 401 g/mol. The summed E-state index contributed by atoms with van der Waals surface area (Å²) in [5.41, 5.74) is -1.98. The number of fused-ring (bicyclic) bond motifs is 3. The van der Waals surface area contributed by atoms with Gasteiger partial charge < -0.3 is 4.74 Å². The number of hydrogen-bond donors (Lipinski definition) is 0. The minimum atomic E-state index is -3.75. The Balaban J connectivity index is 1.80. The molecule has 2 bridgehead atoms. The predicted octanol–water partition coefficient (Wildman–Crippen LogP) is 4.64. The molecule has 26 heavy (non-hydrogen) atoms. The Morgan fingerprint density at radius 1 is 1.12 bits per heavy atom. The average Bonchev–Trinajstić information content (AvgIpc) is 2.88. The summed E-state index contributed by atoms with van der Waals surface area (Å²) in [7, 11) is -3.75. The van der Waals surface area contributed by atoms with E-state index in [4.69, 9.17) is 26.1 Å². The molecule has 3 saturated heterocycles. The molecule has 0 unspecified atom stereocenters. The van der Waals surface area contributed by atoms with Crippen LogP contribution in [-0.4, -0.2) is 25.2 Å². The third-order valence-corrected chi connectivity index (χ3v) is 8.30. The van der Waals surface area contributed by atoms with Gasteiger partial charge in [-0.15, -0.1) is 0 Å². The van der Waals surface area contributed by atoms with E-state index in [1.54, 1.807) is 24.3 Å². The number of sulfone groups is 1. The highest BCUT2D eigenvalue weighted by molar-refractivity contribution is 7.92. The predicted molar refractivity (Wildman–Crippen MR) is 97.2 cm³/mol. The number of halogens is 1. The smallest absolute Gasteiger partial charge is 0.208 e. The van der Waals surface area contributed by atoms with Crippen LogP contribution in [0.4, 0.5) is 0 Å². The van der Waals surface area contributed by atoms with E-state index in [0.29, 0.717) is 24.3 Å². The van der Waals surface area contributed by atoms with E-state index in [2.05, 4.69) is 0 Å². The van der Waals surface area contributed by atoms with Crippen LogP contribution in [0.2, 0.25) is 5.02 Å². The highest BCUT2D eigenvalue weighted by Gasteiger charge is 2.64. The Bertz CT molecular complexity index is 761. The second kappa shape index (κ2) is 6.74. The topological polar surface area (TPSA) is 61.8 Å². The van der Waals surface area contributed by atoms with E-state index in [1.807, 2.05) is 6.92 Å². The molecule has 0 N–H and O–H groups in total. The zero-order chi connectivity index (χ0) is 18.4. The van der Waals surface area contributed by atoms with Gasteiger partial charge in [-0.25, -0.2) is 18.2 Å². The molecule has 5 nitrogen and oxygen atoms in total. The molecule has 1 aromatic carbocycles. The molecule has 144 valence electrons. The number of rotatable bonds is 4. The van der Waals surface area contributed by atoms with Crippen LogP contribution < -0.4 is 0 Å². The lowest BCUT2D eigenvalue weighted by atomic mass is 9.74. The van der Waals surface area contributed by atoms with Gasteiger partial charge in [0.2, 0.25) is 15.6 Å². The van der Waals surface area contributed by atoms with Gasteiger partial charge in [-0.3, -0.25) is 0 Å². The van der Waals surface area contributed by atoms with Crippen molar-refractivity contribution in [3.63, 3.8) is 0 Å². The van der Waals surface area contributed by atoms with Crippen molar-refractivity contribution < 1.29 is 22.9 Å². The molecule has 4 atom stereocenters. The highest BCUT2D eigenvalue weighted by atomic mass is 35.5. The summed E-state index contributed by atoms with van der Waals surface area (Å²) in [6, 6.07) is 6.28. The largest absolute Gasteiger partial charge is 0.324 e. The monoisotopic (exact) mass is 400 g/mol. The second-order valence-electron chi connectivity index (χ2n) is 7.71. The molecule has 0 amide bonds. The van der Waals surface area contributed by atoms with Crippen LogP contribution in [0.3, 0.4) is 0 Å². The summed E-state index contributed by atoms with van der Waals surface area (Å²) in [5, 5.41) is 0.503. The van der Waals surface area contributed by atoms with E-state index >= 15 is 0 Å². The molecule has 4 fully saturated rings. The Labute approximate surface area is 159 Å². The van der Waals surface area contributed by atoms with Crippen LogP contribution in [0, 0.1) is 5.92 Å². The Morgan fingerprint density at radius 3 is 2.62 bits per heavy atom. The quantitative estimate of drug-likeness (QED) is 0.689. The molecule has 0 radical (unpaired) electrons. The van der Waals surface area contributed by atoms with E-state index < -0.39 is 26.7 Å². The summed E-state index contributed by atoms with van der Waals surface area (Å²) in [4.78, 5) is 11.9. The summed E-state index contributed by atoms with van der Waals surface area (Å²) < 4.78 is 33.3. The summed E-state index contributed by atoms with van der Waals surface area (Å²) in [5.74, 6) is -0.842.